The number of nitro groups is 1. The lowest BCUT2D eigenvalue weighted by Crippen LogP contribution is -2.10. The summed E-state index contributed by atoms with van der Waals surface area (Å²) in [7, 11) is 0. The standard InChI is InChI=1S/C12H10N4O2S/c13-12(14)8-5-6-15-11(7-8)19-10-3-1-9(2-4-10)16(17)18/h1-7H,(H3,13,14). The summed E-state index contributed by atoms with van der Waals surface area (Å²) in [5.41, 5.74) is 6.05. The van der Waals surface area contributed by atoms with Crippen LogP contribution in [0.3, 0.4) is 0 Å². The summed E-state index contributed by atoms with van der Waals surface area (Å²) >= 11 is 1.35. The van der Waals surface area contributed by atoms with Crippen molar-refractivity contribution in [3.05, 3.63) is 58.3 Å². The monoisotopic (exact) mass is 274 g/mol. The number of hydrogen-bond acceptors (Lipinski definition) is 5. The zero-order valence-electron chi connectivity index (χ0n) is 9.74. The first kappa shape index (κ1) is 13.0. The van der Waals surface area contributed by atoms with Gasteiger partial charge in [-0.3, -0.25) is 15.5 Å². The first-order valence-corrected chi connectivity index (χ1v) is 6.10. The molecule has 2 aromatic rings. The molecule has 0 saturated carbocycles. The van der Waals surface area contributed by atoms with Crippen LogP contribution < -0.4 is 5.73 Å². The van der Waals surface area contributed by atoms with E-state index in [1.54, 1.807) is 30.5 Å². The van der Waals surface area contributed by atoms with Crippen molar-refractivity contribution in [3.8, 4) is 0 Å². The molecule has 96 valence electrons. The Morgan fingerprint density at radius 3 is 2.58 bits per heavy atom. The molecule has 0 aliphatic rings. The number of hydrogen-bond donors (Lipinski definition) is 2. The summed E-state index contributed by atoms with van der Waals surface area (Å²) < 4.78 is 0. The van der Waals surface area contributed by atoms with Crippen LogP contribution in [0, 0.1) is 15.5 Å². The number of rotatable bonds is 4. The third kappa shape index (κ3) is 3.29. The average Bonchev–Trinajstić information content (AvgIpc) is 2.39. The number of nitrogens with one attached hydrogen (secondary N) is 1. The second kappa shape index (κ2) is 5.49. The topological polar surface area (TPSA) is 106 Å². The Labute approximate surface area is 113 Å². The van der Waals surface area contributed by atoms with Gasteiger partial charge in [0.15, 0.2) is 0 Å². The SMILES string of the molecule is N=C(N)c1ccnc(Sc2ccc([N+](=O)[O-])cc2)c1. The lowest BCUT2D eigenvalue weighted by atomic mass is 10.2. The molecule has 1 heterocycles. The highest BCUT2D eigenvalue weighted by atomic mass is 32.2. The van der Waals surface area contributed by atoms with Crippen molar-refractivity contribution in [1.82, 2.24) is 4.98 Å². The quantitative estimate of drug-likeness (QED) is 0.385. The zero-order chi connectivity index (χ0) is 13.8. The van der Waals surface area contributed by atoms with Gasteiger partial charge in [0.25, 0.3) is 5.69 Å². The van der Waals surface area contributed by atoms with Crippen LogP contribution in [-0.2, 0) is 0 Å². The number of aromatic nitrogens is 1. The molecule has 7 heteroatoms. The number of benzene rings is 1. The Hall–Kier alpha value is -2.41. The minimum Gasteiger partial charge on any atom is -0.384 e. The van der Waals surface area contributed by atoms with Gasteiger partial charge in [-0.2, -0.15) is 0 Å². The molecule has 0 unspecified atom stereocenters. The number of nitrogens with two attached hydrogens (primary N) is 1. The van der Waals surface area contributed by atoms with Crippen molar-refractivity contribution in [1.29, 1.82) is 5.41 Å². The highest BCUT2D eigenvalue weighted by Gasteiger charge is 2.06. The van der Waals surface area contributed by atoms with Crippen LogP contribution >= 0.6 is 11.8 Å². The van der Waals surface area contributed by atoms with E-state index in [1.807, 2.05) is 0 Å². The minimum atomic E-state index is -0.441. The van der Waals surface area contributed by atoms with E-state index in [0.29, 0.717) is 10.6 Å². The highest BCUT2D eigenvalue weighted by molar-refractivity contribution is 7.99. The Balaban J connectivity index is 2.19. The third-order valence-corrected chi connectivity index (χ3v) is 3.26. The van der Waals surface area contributed by atoms with Crippen molar-refractivity contribution >= 4 is 23.3 Å². The number of nitro benzene ring substituents is 1. The molecular weight excluding hydrogens is 264 g/mol. The maximum Gasteiger partial charge on any atom is 0.269 e. The van der Waals surface area contributed by atoms with E-state index in [-0.39, 0.29) is 11.5 Å². The lowest BCUT2D eigenvalue weighted by molar-refractivity contribution is -0.384. The summed E-state index contributed by atoms with van der Waals surface area (Å²) in [6, 6.07) is 9.56. The molecule has 0 atom stereocenters. The van der Waals surface area contributed by atoms with Gasteiger partial charge in [0.2, 0.25) is 0 Å². The molecule has 0 saturated heterocycles. The fraction of sp³-hybridized carbons (Fsp3) is 0. The van der Waals surface area contributed by atoms with Gasteiger partial charge in [0, 0.05) is 28.8 Å². The van der Waals surface area contributed by atoms with Gasteiger partial charge >= 0.3 is 0 Å². The zero-order valence-corrected chi connectivity index (χ0v) is 10.6. The molecule has 0 radical (unpaired) electrons. The second-order valence-electron chi connectivity index (χ2n) is 3.65. The van der Waals surface area contributed by atoms with E-state index in [0.717, 1.165) is 4.90 Å². The molecule has 0 fully saturated rings. The largest absolute Gasteiger partial charge is 0.384 e. The number of amidine groups is 1. The maximum absolute atomic E-state index is 10.5. The fourth-order valence-electron chi connectivity index (χ4n) is 1.39. The van der Waals surface area contributed by atoms with Crippen LogP contribution in [0.4, 0.5) is 5.69 Å². The van der Waals surface area contributed by atoms with Gasteiger partial charge in [-0.15, -0.1) is 0 Å². The lowest BCUT2D eigenvalue weighted by Gasteiger charge is -2.03. The highest BCUT2D eigenvalue weighted by Crippen LogP contribution is 2.27. The molecule has 19 heavy (non-hydrogen) atoms. The normalized spacial score (nSPS) is 10.1. The van der Waals surface area contributed by atoms with E-state index in [1.165, 1.54) is 23.9 Å². The molecule has 0 amide bonds. The van der Waals surface area contributed by atoms with Crippen molar-refractivity contribution in [2.45, 2.75) is 9.92 Å². The summed E-state index contributed by atoms with van der Waals surface area (Å²) in [4.78, 5) is 15.1. The summed E-state index contributed by atoms with van der Waals surface area (Å²) in [5, 5.41) is 18.6. The van der Waals surface area contributed by atoms with Crippen LogP contribution in [0.5, 0.6) is 0 Å². The van der Waals surface area contributed by atoms with Gasteiger partial charge in [-0.25, -0.2) is 4.98 Å². The van der Waals surface area contributed by atoms with E-state index in [2.05, 4.69) is 4.98 Å². The second-order valence-corrected chi connectivity index (χ2v) is 4.74. The molecule has 0 spiro atoms. The van der Waals surface area contributed by atoms with Crippen LogP contribution in [0.15, 0.2) is 52.5 Å². The van der Waals surface area contributed by atoms with Crippen molar-refractivity contribution in [3.63, 3.8) is 0 Å². The maximum atomic E-state index is 10.5. The number of non-ortho nitro benzene ring substituents is 1. The van der Waals surface area contributed by atoms with Crippen molar-refractivity contribution < 1.29 is 4.92 Å². The van der Waals surface area contributed by atoms with E-state index < -0.39 is 4.92 Å². The Kier molecular flexibility index (Phi) is 3.76. The number of nitrogens with zero attached hydrogens (tertiary/aromatic N) is 2. The molecule has 1 aromatic carbocycles. The summed E-state index contributed by atoms with van der Waals surface area (Å²) in [6.07, 6.45) is 1.57. The summed E-state index contributed by atoms with van der Waals surface area (Å²) in [5.74, 6) is -0.0204. The van der Waals surface area contributed by atoms with Crippen LogP contribution in [0.25, 0.3) is 0 Å². The molecule has 0 aliphatic heterocycles. The Morgan fingerprint density at radius 2 is 2.00 bits per heavy atom. The van der Waals surface area contributed by atoms with Gasteiger partial charge < -0.3 is 5.73 Å². The molecule has 2 rings (SSSR count). The summed E-state index contributed by atoms with van der Waals surface area (Å²) in [6.45, 7) is 0. The Morgan fingerprint density at radius 1 is 1.32 bits per heavy atom. The van der Waals surface area contributed by atoms with Gasteiger partial charge in [0.05, 0.1) is 4.92 Å². The molecule has 6 nitrogen and oxygen atoms in total. The first-order chi connectivity index (χ1) is 9.06. The van der Waals surface area contributed by atoms with E-state index in [4.69, 9.17) is 11.1 Å². The van der Waals surface area contributed by atoms with Crippen LogP contribution in [-0.4, -0.2) is 15.7 Å². The molecule has 1 aromatic heterocycles. The average molecular weight is 274 g/mol. The smallest absolute Gasteiger partial charge is 0.269 e. The van der Waals surface area contributed by atoms with Gasteiger partial charge in [0.1, 0.15) is 10.9 Å². The Bertz CT molecular complexity index is 628. The van der Waals surface area contributed by atoms with E-state index >= 15 is 0 Å². The fourth-order valence-corrected chi connectivity index (χ4v) is 2.20. The third-order valence-electron chi connectivity index (χ3n) is 2.32. The molecule has 0 aliphatic carbocycles. The van der Waals surface area contributed by atoms with Crippen molar-refractivity contribution in [2.75, 3.05) is 0 Å². The molecule has 3 N–H and O–H groups in total. The van der Waals surface area contributed by atoms with Crippen molar-refractivity contribution in [2.24, 2.45) is 5.73 Å². The van der Waals surface area contributed by atoms with E-state index in [9.17, 15) is 10.1 Å². The minimum absolute atomic E-state index is 0.0204. The predicted octanol–water partition coefficient (Wildman–Crippen LogP) is 2.43. The number of nitrogen functional groups attached to an aromatic ring is 1. The van der Waals surface area contributed by atoms with Crippen LogP contribution in [0.1, 0.15) is 5.56 Å². The van der Waals surface area contributed by atoms with Crippen LogP contribution in [0.2, 0.25) is 0 Å². The first-order valence-electron chi connectivity index (χ1n) is 5.29. The predicted molar refractivity (Wildman–Crippen MR) is 72.5 cm³/mol. The van der Waals surface area contributed by atoms with Gasteiger partial charge in [-0.05, 0) is 24.3 Å². The van der Waals surface area contributed by atoms with Gasteiger partial charge in [-0.1, -0.05) is 11.8 Å². The molecule has 0 bridgehead atoms. The number of pyridine rings is 1. The molecular formula is C12H10N4O2S.